The van der Waals surface area contributed by atoms with Crippen LogP contribution in [0.25, 0.3) is 5.65 Å². The van der Waals surface area contributed by atoms with Crippen LogP contribution in [0.3, 0.4) is 0 Å². The van der Waals surface area contributed by atoms with Gasteiger partial charge in [-0.1, -0.05) is 11.6 Å². The van der Waals surface area contributed by atoms with E-state index in [-0.39, 0.29) is 18.7 Å². The molecule has 1 fully saturated rings. The summed E-state index contributed by atoms with van der Waals surface area (Å²) in [5.74, 6) is 1.63. The maximum absolute atomic E-state index is 12.5. The smallest absolute Gasteiger partial charge is 0.231 e. The molecule has 162 valence electrons. The topological polar surface area (TPSA) is 68.1 Å². The van der Waals surface area contributed by atoms with Gasteiger partial charge in [0.25, 0.3) is 0 Å². The Morgan fingerprint density at radius 1 is 1.26 bits per heavy atom. The first-order valence-electron chi connectivity index (χ1n) is 10.6. The second kappa shape index (κ2) is 8.40. The summed E-state index contributed by atoms with van der Waals surface area (Å²) in [6.45, 7) is 4.28. The van der Waals surface area contributed by atoms with E-state index >= 15 is 0 Å². The van der Waals surface area contributed by atoms with E-state index in [9.17, 15) is 4.79 Å². The molecule has 2 aromatic heterocycles. The number of aromatic nitrogens is 2. The zero-order valence-corrected chi connectivity index (χ0v) is 18.2. The minimum absolute atomic E-state index is 0.206. The van der Waals surface area contributed by atoms with Crippen molar-refractivity contribution in [1.29, 1.82) is 0 Å². The highest BCUT2D eigenvalue weighted by molar-refractivity contribution is 6.31. The molecule has 0 spiro atoms. The van der Waals surface area contributed by atoms with Gasteiger partial charge in [-0.2, -0.15) is 0 Å². The largest absolute Gasteiger partial charge is 0.454 e. The minimum atomic E-state index is 0.206. The van der Waals surface area contributed by atoms with Gasteiger partial charge >= 0.3 is 0 Å². The molecule has 8 heteroatoms. The highest BCUT2D eigenvalue weighted by Gasteiger charge is 2.31. The number of ether oxygens (including phenoxy) is 2. The molecule has 3 aromatic rings. The molecule has 4 heterocycles. The number of carbonyl (C=O) groups is 1. The molecule has 0 bridgehead atoms. The lowest BCUT2D eigenvalue weighted by Crippen LogP contribution is -2.34. The Balaban J connectivity index is 1.17. The summed E-state index contributed by atoms with van der Waals surface area (Å²) in [6, 6.07) is 8.06. The van der Waals surface area contributed by atoms with Gasteiger partial charge in [-0.3, -0.25) is 4.79 Å². The van der Waals surface area contributed by atoms with Gasteiger partial charge in [0, 0.05) is 42.5 Å². The van der Waals surface area contributed by atoms with Crippen molar-refractivity contribution in [3.05, 3.63) is 58.5 Å². The molecule has 1 saturated heterocycles. The first-order valence-corrected chi connectivity index (χ1v) is 11.0. The number of hydrogen-bond donors (Lipinski definition) is 1. The van der Waals surface area contributed by atoms with Crippen molar-refractivity contribution in [3.8, 4) is 11.5 Å². The molecular weight excluding hydrogens is 416 g/mol. The summed E-state index contributed by atoms with van der Waals surface area (Å²) in [4.78, 5) is 19.2. The van der Waals surface area contributed by atoms with Crippen LogP contribution in [-0.4, -0.2) is 39.6 Å². The van der Waals surface area contributed by atoms with Crippen molar-refractivity contribution in [2.75, 3.05) is 13.3 Å². The standard InChI is InChI=1S/C23H25ClN4O3/c1-15-5-7-27-12-17(26-22(27)8-15)13-28-18(2-3-23(28)29)4-6-25-11-16-9-20-21(10-19(16)24)31-14-30-20/h5,7-10,12,18,25H,2-4,6,11,13-14H2,1H3. The lowest BCUT2D eigenvalue weighted by atomic mass is 10.1. The number of rotatable bonds is 7. The molecule has 1 aromatic carbocycles. The predicted octanol–water partition coefficient (Wildman–Crippen LogP) is 3.70. The van der Waals surface area contributed by atoms with E-state index in [4.69, 9.17) is 26.1 Å². The van der Waals surface area contributed by atoms with Gasteiger partial charge in [-0.05, 0) is 55.6 Å². The van der Waals surface area contributed by atoms with Gasteiger partial charge in [0.1, 0.15) is 5.65 Å². The molecule has 0 radical (unpaired) electrons. The summed E-state index contributed by atoms with van der Waals surface area (Å²) in [7, 11) is 0. The maximum atomic E-state index is 12.5. The van der Waals surface area contributed by atoms with Crippen LogP contribution in [0.4, 0.5) is 0 Å². The van der Waals surface area contributed by atoms with Gasteiger partial charge in [0.15, 0.2) is 11.5 Å². The van der Waals surface area contributed by atoms with Crippen molar-refractivity contribution in [2.45, 2.75) is 45.3 Å². The number of nitrogens with zero attached hydrogens (tertiary/aromatic N) is 3. The third-order valence-corrected chi connectivity index (χ3v) is 6.31. The molecule has 1 N–H and O–H groups in total. The van der Waals surface area contributed by atoms with Crippen LogP contribution >= 0.6 is 11.6 Å². The van der Waals surface area contributed by atoms with Crippen molar-refractivity contribution < 1.29 is 14.3 Å². The minimum Gasteiger partial charge on any atom is -0.454 e. The Kier molecular flexibility index (Phi) is 5.46. The maximum Gasteiger partial charge on any atom is 0.231 e. The number of pyridine rings is 1. The predicted molar refractivity (Wildman–Crippen MR) is 117 cm³/mol. The average Bonchev–Trinajstić information content (AvgIpc) is 3.45. The Morgan fingerprint density at radius 3 is 2.97 bits per heavy atom. The van der Waals surface area contributed by atoms with Crippen LogP contribution in [0, 0.1) is 6.92 Å². The van der Waals surface area contributed by atoms with Crippen LogP contribution in [0.5, 0.6) is 11.5 Å². The quantitative estimate of drug-likeness (QED) is 0.567. The number of likely N-dealkylation sites (tertiary alicyclic amines) is 1. The highest BCUT2D eigenvalue weighted by Crippen LogP contribution is 2.36. The number of halogens is 1. The van der Waals surface area contributed by atoms with Gasteiger partial charge in [-0.15, -0.1) is 0 Å². The molecule has 0 saturated carbocycles. The molecule has 31 heavy (non-hydrogen) atoms. The van der Waals surface area contributed by atoms with Gasteiger partial charge in [-0.25, -0.2) is 4.98 Å². The van der Waals surface area contributed by atoms with E-state index in [1.807, 2.05) is 27.8 Å². The summed E-state index contributed by atoms with van der Waals surface area (Å²) in [6.07, 6.45) is 6.40. The molecule has 7 nitrogen and oxygen atoms in total. The van der Waals surface area contributed by atoms with E-state index in [0.717, 1.165) is 42.0 Å². The zero-order valence-electron chi connectivity index (χ0n) is 17.4. The zero-order chi connectivity index (χ0) is 21.4. The summed E-state index contributed by atoms with van der Waals surface area (Å²) < 4.78 is 12.8. The number of nitrogens with one attached hydrogen (secondary N) is 1. The Hall–Kier alpha value is -2.77. The normalized spacial score (nSPS) is 17.8. The molecule has 2 aliphatic heterocycles. The molecule has 5 rings (SSSR count). The summed E-state index contributed by atoms with van der Waals surface area (Å²) >= 11 is 6.35. The average molecular weight is 441 g/mol. The molecule has 1 amide bonds. The van der Waals surface area contributed by atoms with E-state index in [1.165, 1.54) is 5.56 Å². The lowest BCUT2D eigenvalue weighted by molar-refractivity contribution is -0.129. The SMILES string of the molecule is Cc1ccn2cc(CN3C(=O)CCC3CCNCc3cc4c(cc3Cl)OCO4)nc2c1. The van der Waals surface area contributed by atoms with Gasteiger partial charge in [0.05, 0.1) is 12.2 Å². The van der Waals surface area contributed by atoms with Crippen LogP contribution in [0.2, 0.25) is 5.02 Å². The molecule has 2 aliphatic rings. The Labute approximate surface area is 185 Å². The number of benzene rings is 1. The molecule has 1 unspecified atom stereocenters. The number of aryl methyl sites for hydroxylation is 1. The van der Waals surface area contributed by atoms with Crippen molar-refractivity contribution in [1.82, 2.24) is 19.6 Å². The number of carbonyl (C=O) groups excluding carboxylic acids is 1. The third-order valence-electron chi connectivity index (χ3n) is 5.96. The third kappa shape index (κ3) is 4.20. The second-order valence-corrected chi connectivity index (χ2v) is 8.59. The van der Waals surface area contributed by atoms with Crippen LogP contribution in [-0.2, 0) is 17.9 Å². The van der Waals surface area contributed by atoms with Crippen molar-refractivity contribution in [3.63, 3.8) is 0 Å². The summed E-state index contributed by atoms with van der Waals surface area (Å²) in [5, 5.41) is 4.11. The Morgan fingerprint density at radius 2 is 2.10 bits per heavy atom. The van der Waals surface area contributed by atoms with Crippen LogP contribution < -0.4 is 14.8 Å². The summed E-state index contributed by atoms with van der Waals surface area (Å²) in [5.41, 5.74) is 3.99. The number of amides is 1. The van der Waals surface area contributed by atoms with E-state index in [2.05, 4.69) is 24.4 Å². The molecule has 1 atom stereocenters. The van der Waals surface area contributed by atoms with E-state index < -0.39 is 0 Å². The second-order valence-electron chi connectivity index (χ2n) is 8.18. The number of hydrogen-bond acceptors (Lipinski definition) is 5. The first-order chi connectivity index (χ1) is 15.1. The van der Waals surface area contributed by atoms with Crippen molar-refractivity contribution >= 4 is 23.2 Å². The van der Waals surface area contributed by atoms with Gasteiger partial charge in [0.2, 0.25) is 12.7 Å². The fraction of sp³-hybridized carbons (Fsp3) is 0.391. The fourth-order valence-electron chi connectivity index (χ4n) is 4.28. The molecule has 0 aliphatic carbocycles. The molecular formula is C23H25ClN4O3. The lowest BCUT2D eigenvalue weighted by Gasteiger charge is -2.24. The first kappa shape index (κ1) is 20.2. The fourth-order valence-corrected chi connectivity index (χ4v) is 4.50. The van der Waals surface area contributed by atoms with Gasteiger partial charge < -0.3 is 24.1 Å². The van der Waals surface area contributed by atoms with Crippen molar-refractivity contribution in [2.24, 2.45) is 0 Å². The Bertz CT molecular complexity index is 1130. The number of fused-ring (bicyclic) bond motifs is 2. The van der Waals surface area contributed by atoms with E-state index in [0.29, 0.717) is 30.3 Å². The number of imidazole rings is 1. The monoisotopic (exact) mass is 440 g/mol. The van der Waals surface area contributed by atoms with E-state index in [1.54, 1.807) is 6.07 Å². The van der Waals surface area contributed by atoms with Crippen LogP contribution in [0.15, 0.2) is 36.7 Å². The van der Waals surface area contributed by atoms with Crippen LogP contribution in [0.1, 0.15) is 36.1 Å². The highest BCUT2D eigenvalue weighted by atomic mass is 35.5.